The van der Waals surface area contributed by atoms with Crippen molar-refractivity contribution in [2.24, 2.45) is 5.92 Å². The number of nitrogens with one attached hydrogen (secondary N) is 1. The predicted molar refractivity (Wildman–Crippen MR) is 95.1 cm³/mol. The summed E-state index contributed by atoms with van der Waals surface area (Å²) >= 11 is 0. The van der Waals surface area contributed by atoms with Gasteiger partial charge in [-0.25, -0.2) is 0 Å². The van der Waals surface area contributed by atoms with Gasteiger partial charge in [0.15, 0.2) is 0 Å². The molecule has 2 atom stereocenters. The Morgan fingerprint density at radius 3 is 2.92 bits per heavy atom. The van der Waals surface area contributed by atoms with Crippen LogP contribution in [-0.2, 0) is 13.0 Å². The third-order valence-corrected chi connectivity index (χ3v) is 4.64. The van der Waals surface area contributed by atoms with Crippen LogP contribution in [0.3, 0.4) is 0 Å². The molecule has 0 saturated heterocycles. The molecule has 2 aromatic rings. The van der Waals surface area contributed by atoms with E-state index in [1.807, 2.05) is 13.0 Å². The molecule has 0 radical (unpaired) electrons. The zero-order chi connectivity index (χ0) is 16.9. The fourth-order valence-corrected chi connectivity index (χ4v) is 3.57. The van der Waals surface area contributed by atoms with Crippen molar-refractivity contribution in [2.45, 2.75) is 65.1 Å². The summed E-state index contributed by atoms with van der Waals surface area (Å²) in [4.78, 5) is 0. The van der Waals surface area contributed by atoms with Gasteiger partial charge in [0, 0.05) is 25.1 Å². The first-order chi connectivity index (χ1) is 11.6. The summed E-state index contributed by atoms with van der Waals surface area (Å²) in [6.45, 7) is 6.97. The van der Waals surface area contributed by atoms with E-state index in [-0.39, 0.29) is 6.10 Å². The lowest BCUT2D eigenvalue weighted by molar-refractivity contribution is 0.242. The SMILES string of the molecule is Cc1cc(C[C@@H]2CCC[C@H]2NCc2cccc(OC(C)C)c2)on1. The zero-order valence-electron chi connectivity index (χ0n) is 14.9. The van der Waals surface area contributed by atoms with Crippen molar-refractivity contribution < 1.29 is 9.26 Å². The maximum absolute atomic E-state index is 5.78. The molecule has 3 rings (SSSR count). The van der Waals surface area contributed by atoms with E-state index in [2.05, 4.69) is 48.6 Å². The number of hydrogen-bond acceptors (Lipinski definition) is 4. The summed E-state index contributed by atoms with van der Waals surface area (Å²) in [6.07, 6.45) is 4.97. The minimum absolute atomic E-state index is 0.206. The van der Waals surface area contributed by atoms with Crippen molar-refractivity contribution in [2.75, 3.05) is 0 Å². The summed E-state index contributed by atoms with van der Waals surface area (Å²) in [7, 11) is 0. The number of benzene rings is 1. The van der Waals surface area contributed by atoms with Crippen molar-refractivity contribution >= 4 is 0 Å². The van der Waals surface area contributed by atoms with Crippen LogP contribution in [0.15, 0.2) is 34.9 Å². The molecule has 130 valence electrons. The highest BCUT2D eigenvalue weighted by Crippen LogP contribution is 2.29. The fraction of sp³-hybridized carbons (Fsp3) is 0.550. The van der Waals surface area contributed by atoms with Gasteiger partial charge in [0.2, 0.25) is 0 Å². The normalized spacial score (nSPS) is 20.7. The first kappa shape index (κ1) is 17.0. The number of aromatic nitrogens is 1. The molecule has 1 aromatic carbocycles. The van der Waals surface area contributed by atoms with Crippen LogP contribution in [0.1, 0.15) is 50.1 Å². The van der Waals surface area contributed by atoms with Crippen LogP contribution < -0.4 is 10.1 Å². The van der Waals surface area contributed by atoms with Crippen LogP contribution in [-0.4, -0.2) is 17.3 Å². The molecule has 24 heavy (non-hydrogen) atoms. The third kappa shape index (κ3) is 4.60. The third-order valence-electron chi connectivity index (χ3n) is 4.64. The van der Waals surface area contributed by atoms with E-state index >= 15 is 0 Å². The highest BCUT2D eigenvalue weighted by Gasteiger charge is 2.28. The molecule has 4 heteroatoms. The van der Waals surface area contributed by atoms with Crippen LogP contribution in [0.25, 0.3) is 0 Å². The summed E-state index contributed by atoms with van der Waals surface area (Å²) < 4.78 is 11.2. The quantitative estimate of drug-likeness (QED) is 0.824. The van der Waals surface area contributed by atoms with E-state index in [0.29, 0.717) is 12.0 Å². The van der Waals surface area contributed by atoms with E-state index in [1.165, 1.54) is 24.8 Å². The summed E-state index contributed by atoms with van der Waals surface area (Å²) in [5.41, 5.74) is 2.24. The van der Waals surface area contributed by atoms with Gasteiger partial charge in [0.25, 0.3) is 0 Å². The van der Waals surface area contributed by atoms with Gasteiger partial charge in [-0.3, -0.25) is 0 Å². The molecule has 0 aliphatic heterocycles. The number of nitrogens with zero attached hydrogens (tertiary/aromatic N) is 1. The van der Waals surface area contributed by atoms with Crippen LogP contribution in [0.4, 0.5) is 0 Å². The molecule has 1 aromatic heterocycles. The lowest BCUT2D eigenvalue weighted by atomic mass is 9.97. The Morgan fingerprint density at radius 2 is 2.17 bits per heavy atom. The van der Waals surface area contributed by atoms with Crippen molar-refractivity contribution in [1.82, 2.24) is 10.5 Å². The second-order valence-electron chi connectivity index (χ2n) is 7.13. The van der Waals surface area contributed by atoms with E-state index in [9.17, 15) is 0 Å². The molecule has 0 bridgehead atoms. The average Bonchev–Trinajstić information content (AvgIpc) is 3.14. The zero-order valence-corrected chi connectivity index (χ0v) is 14.9. The monoisotopic (exact) mass is 328 g/mol. The molecule has 0 amide bonds. The van der Waals surface area contributed by atoms with Gasteiger partial charge < -0.3 is 14.6 Å². The second kappa shape index (κ2) is 7.84. The lowest BCUT2D eigenvalue weighted by Gasteiger charge is -2.20. The molecule has 1 N–H and O–H groups in total. The van der Waals surface area contributed by atoms with Crippen LogP contribution in [0.5, 0.6) is 5.75 Å². The molecule has 4 nitrogen and oxygen atoms in total. The Kier molecular flexibility index (Phi) is 5.56. The van der Waals surface area contributed by atoms with E-state index in [0.717, 1.165) is 30.2 Å². The molecular weight excluding hydrogens is 300 g/mol. The van der Waals surface area contributed by atoms with E-state index in [4.69, 9.17) is 9.26 Å². The highest BCUT2D eigenvalue weighted by molar-refractivity contribution is 5.28. The number of ether oxygens (including phenoxy) is 1. The van der Waals surface area contributed by atoms with Gasteiger partial charge in [-0.1, -0.05) is 23.7 Å². The number of aryl methyl sites for hydroxylation is 1. The summed E-state index contributed by atoms with van der Waals surface area (Å²) in [6, 6.07) is 11.0. The van der Waals surface area contributed by atoms with Gasteiger partial charge in [-0.15, -0.1) is 0 Å². The van der Waals surface area contributed by atoms with Crippen LogP contribution >= 0.6 is 0 Å². The smallest absolute Gasteiger partial charge is 0.137 e. The number of hydrogen-bond donors (Lipinski definition) is 1. The molecule has 0 unspecified atom stereocenters. The minimum atomic E-state index is 0.206. The van der Waals surface area contributed by atoms with Crippen molar-refractivity contribution in [1.29, 1.82) is 0 Å². The molecule has 1 saturated carbocycles. The standard InChI is InChI=1S/C20H28N2O2/c1-14(2)23-18-8-4-6-16(11-18)13-21-20-9-5-7-17(20)12-19-10-15(3)22-24-19/h4,6,8,10-11,14,17,20-21H,5,7,9,12-13H2,1-3H3/t17-,20+/m0/s1. The van der Waals surface area contributed by atoms with Gasteiger partial charge in [0.05, 0.1) is 11.8 Å². The largest absolute Gasteiger partial charge is 0.491 e. The lowest BCUT2D eigenvalue weighted by Crippen LogP contribution is -2.32. The van der Waals surface area contributed by atoms with Crippen molar-refractivity contribution in [3.05, 3.63) is 47.3 Å². The molecule has 0 spiro atoms. The van der Waals surface area contributed by atoms with Crippen LogP contribution in [0.2, 0.25) is 0 Å². The van der Waals surface area contributed by atoms with E-state index < -0.39 is 0 Å². The Labute approximate surface area is 144 Å². The van der Waals surface area contributed by atoms with E-state index in [1.54, 1.807) is 0 Å². The van der Waals surface area contributed by atoms with Gasteiger partial charge >= 0.3 is 0 Å². The average molecular weight is 328 g/mol. The minimum Gasteiger partial charge on any atom is -0.491 e. The topological polar surface area (TPSA) is 47.3 Å². The summed E-state index contributed by atoms with van der Waals surface area (Å²) in [5, 5.41) is 7.74. The molecular formula is C20H28N2O2. The first-order valence-corrected chi connectivity index (χ1v) is 9.01. The van der Waals surface area contributed by atoms with Crippen LogP contribution in [0, 0.1) is 12.8 Å². The molecule has 1 fully saturated rings. The fourth-order valence-electron chi connectivity index (χ4n) is 3.57. The Bertz CT molecular complexity index is 651. The highest BCUT2D eigenvalue weighted by atomic mass is 16.5. The Balaban J connectivity index is 1.55. The maximum atomic E-state index is 5.78. The van der Waals surface area contributed by atoms with Gasteiger partial charge in [0.1, 0.15) is 11.5 Å². The molecule has 1 aliphatic rings. The Hall–Kier alpha value is -1.81. The van der Waals surface area contributed by atoms with Gasteiger partial charge in [-0.2, -0.15) is 0 Å². The molecule has 1 aliphatic carbocycles. The number of rotatable bonds is 7. The van der Waals surface area contributed by atoms with Crippen molar-refractivity contribution in [3.63, 3.8) is 0 Å². The Morgan fingerprint density at radius 1 is 1.29 bits per heavy atom. The summed E-state index contributed by atoms with van der Waals surface area (Å²) in [5.74, 6) is 2.59. The van der Waals surface area contributed by atoms with Gasteiger partial charge in [-0.05, 0) is 57.2 Å². The molecule has 1 heterocycles. The first-order valence-electron chi connectivity index (χ1n) is 9.01. The second-order valence-corrected chi connectivity index (χ2v) is 7.13. The maximum Gasteiger partial charge on any atom is 0.137 e. The van der Waals surface area contributed by atoms with Crippen molar-refractivity contribution in [3.8, 4) is 5.75 Å². The predicted octanol–water partition coefficient (Wildman–Crippen LogP) is 4.27.